The number of aromatic nitrogens is 2. The molecule has 0 radical (unpaired) electrons. The molecule has 2 atom stereocenters. The van der Waals surface area contributed by atoms with Gasteiger partial charge in [-0.05, 0) is 61.9 Å². The summed E-state index contributed by atoms with van der Waals surface area (Å²) in [5.41, 5.74) is 3.77. The lowest BCUT2D eigenvalue weighted by Crippen LogP contribution is -2.50. The fraction of sp³-hybridized carbons (Fsp3) is 0.368. The first-order valence-electron chi connectivity index (χ1n) is 17.0. The number of hydrogen-bond acceptors (Lipinski definition) is 11. The fourth-order valence-corrected chi connectivity index (χ4v) is 7.73. The van der Waals surface area contributed by atoms with Crippen molar-refractivity contribution in [2.24, 2.45) is 5.92 Å². The van der Waals surface area contributed by atoms with Crippen LogP contribution < -0.4 is 20.3 Å². The number of thiazole rings is 1. The van der Waals surface area contributed by atoms with E-state index in [1.165, 1.54) is 11.8 Å². The van der Waals surface area contributed by atoms with E-state index in [1.807, 2.05) is 55.6 Å². The smallest absolute Gasteiger partial charge is 0.326 e. The summed E-state index contributed by atoms with van der Waals surface area (Å²) in [6, 6.07) is 17.9. The van der Waals surface area contributed by atoms with E-state index in [-0.39, 0.29) is 12.5 Å². The third-order valence-electron chi connectivity index (χ3n) is 8.45. The van der Waals surface area contributed by atoms with E-state index in [4.69, 9.17) is 26.3 Å². The van der Waals surface area contributed by atoms with Crippen molar-refractivity contribution in [3.05, 3.63) is 75.8 Å². The van der Waals surface area contributed by atoms with Crippen LogP contribution in [0.1, 0.15) is 56.9 Å². The molecule has 14 heteroatoms. The summed E-state index contributed by atoms with van der Waals surface area (Å²) < 4.78 is 5.91. The number of hydrogen-bond donors (Lipinski definition) is 3. The lowest BCUT2D eigenvalue weighted by Gasteiger charge is -2.22. The van der Waals surface area contributed by atoms with E-state index in [0.29, 0.717) is 62.6 Å². The number of carbonyl (C=O) groups excluding carboxylic acids is 1. The highest BCUT2D eigenvalue weighted by atomic mass is 35.5. The molecule has 0 unspecified atom stereocenters. The maximum atomic E-state index is 12.6. The predicted molar refractivity (Wildman–Crippen MR) is 205 cm³/mol. The Morgan fingerprint density at radius 3 is 2.33 bits per heavy atom. The van der Waals surface area contributed by atoms with Gasteiger partial charge in [0.05, 0.1) is 17.3 Å². The molecule has 1 saturated heterocycles. The van der Waals surface area contributed by atoms with Crippen LogP contribution in [0.5, 0.6) is 5.75 Å². The van der Waals surface area contributed by atoms with Gasteiger partial charge in [-0.1, -0.05) is 61.5 Å². The summed E-state index contributed by atoms with van der Waals surface area (Å²) in [4.78, 5) is 35.9. The second kappa shape index (κ2) is 18.2. The van der Waals surface area contributed by atoms with Crippen molar-refractivity contribution in [2.75, 3.05) is 31.1 Å². The molecule has 11 nitrogen and oxygen atoms in total. The topological polar surface area (TPSA) is 164 Å². The Kier molecular flexibility index (Phi) is 13.5. The van der Waals surface area contributed by atoms with Gasteiger partial charge in [0.15, 0.2) is 0 Å². The molecule has 1 amide bonds. The fourth-order valence-electron chi connectivity index (χ4n) is 5.80. The quantitative estimate of drug-likeness (QED) is 0.0787. The monoisotopic (exact) mass is 757 g/mol. The van der Waals surface area contributed by atoms with E-state index in [1.54, 1.807) is 30.4 Å². The molecule has 3 heterocycles. The molecule has 1 aliphatic heterocycles. The van der Waals surface area contributed by atoms with Gasteiger partial charge in [-0.2, -0.15) is 10.5 Å². The largest absolute Gasteiger partial charge is 0.492 e. The molecule has 2 aromatic carbocycles. The maximum absolute atomic E-state index is 12.6. The normalized spacial score (nSPS) is 13.7. The van der Waals surface area contributed by atoms with Gasteiger partial charge < -0.3 is 25.4 Å². The average molecular weight is 758 g/mol. The van der Waals surface area contributed by atoms with Gasteiger partial charge in [0.2, 0.25) is 5.91 Å². The number of pyridine rings is 1. The van der Waals surface area contributed by atoms with Crippen molar-refractivity contribution in [2.45, 2.75) is 62.9 Å². The van der Waals surface area contributed by atoms with Gasteiger partial charge in [-0.15, -0.1) is 11.3 Å². The number of rotatable bonds is 16. The molecule has 5 rings (SSSR count). The number of nitrogens with zero attached hydrogens (tertiary/aromatic N) is 5. The summed E-state index contributed by atoms with van der Waals surface area (Å²) in [6.07, 6.45) is 2.35. The van der Waals surface area contributed by atoms with E-state index >= 15 is 0 Å². The number of thioether (sulfide) groups is 1. The Labute approximate surface area is 317 Å². The number of anilines is 1. The summed E-state index contributed by atoms with van der Waals surface area (Å²) in [5.74, 6) is 0.329. The number of ether oxygens (including phenoxy) is 1. The summed E-state index contributed by atoms with van der Waals surface area (Å²) in [6.45, 7) is 7.65. The van der Waals surface area contributed by atoms with Crippen LogP contribution in [0.25, 0.3) is 21.7 Å². The number of aliphatic carboxylic acids is 1. The number of nitrogens with one attached hydrogen (secondary N) is 2. The van der Waals surface area contributed by atoms with Crippen molar-refractivity contribution < 1.29 is 19.4 Å². The van der Waals surface area contributed by atoms with Crippen molar-refractivity contribution in [1.29, 1.82) is 10.5 Å². The number of carboxylic acids is 1. The Morgan fingerprint density at radius 1 is 1.02 bits per heavy atom. The van der Waals surface area contributed by atoms with Crippen LogP contribution in [0.3, 0.4) is 0 Å². The molecule has 0 bridgehead atoms. The van der Waals surface area contributed by atoms with Crippen molar-refractivity contribution >= 4 is 52.4 Å². The highest BCUT2D eigenvalue weighted by Gasteiger charge is 2.27. The number of benzene rings is 2. The summed E-state index contributed by atoms with van der Waals surface area (Å²) in [7, 11) is 0. The molecule has 3 N–H and O–H groups in total. The standard InChI is InChI=1S/C38H40ClN7O4S2/c1-23(2)18-32(38(48)49)44-35(47)24(3)42-14-17-50-29-12-8-25(9-13-29)33-30(19-40)34(46-15-4-5-16-46)45-37(31(33)20-41)52-22-28-21-51-36(43-28)26-6-10-27(39)11-7-26/h6-13,21,23-24,32,42H,4-5,14-18,22H2,1-3H3,(H,44,47)(H,48,49)/t24-,32-/m0/s1. The molecule has 0 saturated carbocycles. The lowest BCUT2D eigenvalue weighted by atomic mass is 9.96. The van der Waals surface area contributed by atoms with Crippen LogP contribution in [0.15, 0.2) is 58.9 Å². The molecule has 4 aromatic rings. The van der Waals surface area contributed by atoms with Crippen molar-refractivity contribution in [3.8, 4) is 39.6 Å². The minimum Gasteiger partial charge on any atom is -0.492 e. The van der Waals surface area contributed by atoms with E-state index in [2.05, 4.69) is 27.7 Å². The second-order valence-electron chi connectivity index (χ2n) is 12.8. The number of carboxylic acid groups (broad SMARTS) is 1. The number of amides is 1. The first-order chi connectivity index (χ1) is 25.1. The Balaban J connectivity index is 1.29. The van der Waals surface area contributed by atoms with E-state index in [0.717, 1.165) is 42.2 Å². The van der Waals surface area contributed by atoms with Crippen molar-refractivity contribution in [3.63, 3.8) is 0 Å². The average Bonchev–Trinajstić information content (AvgIpc) is 3.85. The first kappa shape index (κ1) is 38.6. The molecule has 0 spiro atoms. The van der Waals surface area contributed by atoms with Crippen LogP contribution in [0, 0.1) is 28.6 Å². The lowest BCUT2D eigenvalue weighted by molar-refractivity contribution is -0.142. The Hall–Kier alpha value is -4.66. The van der Waals surface area contributed by atoms with E-state index < -0.39 is 24.0 Å². The number of halogens is 1. The molecule has 1 aliphatic rings. The zero-order valence-corrected chi connectivity index (χ0v) is 31.6. The van der Waals surface area contributed by atoms with Gasteiger partial charge in [-0.3, -0.25) is 4.79 Å². The van der Waals surface area contributed by atoms with Gasteiger partial charge in [0, 0.05) is 46.9 Å². The summed E-state index contributed by atoms with van der Waals surface area (Å²) >= 11 is 9.03. The minimum atomic E-state index is -1.06. The Morgan fingerprint density at radius 2 is 1.69 bits per heavy atom. The second-order valence-corrected chi connectivity index (χ2v) is 15.1. The van der Waals surface area contributed by atoms with Gasteiger partial charge >= 0.3 is 5.97 Å². The molecule has 0 aliphatic carbocycles. The van der Waals surface area contributed by atoms with Gasteiger partial charge in [0.1, 0.15) is 52.0 Å². The molecule has 52 heavy (non-hydrogen) atoms. The van der Waals surface area contributed by atoms with Crippen LogP contribution >= 0.6 is 34.7 Å². The number of nitriles is 2. The SMILES string of the molecule is CC(C)C[C@H](NC(=O)[C@H](C)NCCOc1ccc(-c2c(C#N)c(SCc3csc(-c4ccc(Cl)cc4)n3)nc(N3CCCC3)c2C#N)cc1)C(=O)O. The van der Waals surface area contributed by atoms with E-state index in [9.17, 15) is 25.2 Å². The molecule has 270 valence electrons. The van der Waals surface area contributed by atoms with Crippen LogP contribution in [-0.2, 0) is 15.3 Å². The summed E-state index contributed by atoms with van der Waals surface area (Å²) in [5, 5.41) is 40.1. The molecule has 1 fully saturated rings. The van der Waals surface area contributed by atoms with Gasteiger partial charge in [0.25, 0.3) is 0 Å². The highest BCUT2D eigenvalue weighted by molar-refractivity contribution is 7.98. The van der Waals surface area contributed by atoms with Crippen LogP contribution in [-0.4, -0.2) is 65.3 Å². The molecule has 2 aromatic heterocycles. The van der Waals surface area contributed by atoms with Crippen LogP contribution in [0.2, 0.25) is 5.02 Å². The zero-order valence-electron chi connectivity index (χ0n) is 29.2. The van der Waals surface area contributed by atoms with Gasteiger partial charge in [-0.25, -0.2) is 14.8 Å². The number of carbonyl (C=O) groups is 2. The third-order valence-corrected chi connectivity index (χ3v) is 10.7. The molecular formula is C38H40ClN7O4S2. The minimum absolute atomic E-state index is 0.124. The highest BCUT2D eigenvalue weighted by Crippen LogP contribution is 2.40. The van der Waals surface area contributed by atoms with Crippen LogP contribution in [0.4, 0.5) is 5.82 Å². The van der Waals surface area contributed by atoms with Crippen molar-refractivity contribution in [1.82, 2.24) is 20.6 Å². The Bertz CT molecular complexity index is 1950. The maximum Gasteiger partial charge on any atom is 0.326 e. The molecular weight excluding hydrogens is 718 g/mol. The predicted octanol–water partition coefficient (Wildman–Crippen LogP) is 7.13. The zero-order chi connectivity index (χ0) is 37.2. The first-order valence-corrected chi connectivity index (χ1v) is 19.3. The third kappa shape index (κ3) is 9.81.